The zero-order chi connectivity index (χ0) is 11.3. The van der Waals surface area contributed by atoms with Crippen molar-refractivity contribution in [3.63, 3.8) is 0 Å². The molecule has 96 valence electrons. The fourth-order valence-electron chi connectivity index (χ4n) is 2.27. The first-order chi connectivity index (χ1) is 7.03. The second-order valence-corrected chi connectivity index (χ2v) is 5.25. The molecule has 0 aromatic heterocycles. The van der Waals surface area contributed by atoms with Gasteiger partial charge in [0.05, 0.1) is 0 Å². The van der Waals surface area contributed by atoms with Gasteiger partial charge in [-0.15, -0.1) is 12.4 Å². The van der Waals surface area contributed by atoms with Crippen molar-refractivity contribution in [1.29, 1.82) is 0 Å². The van der Waals surface area contributed by atoms with Gasteiger partial charge in [-0.2, -0.15) is 0 Å². The van der Waals surface area contributed by atoms with Gasteiger partial charge in [-0.25, -0.2) is 0 Å². The normalized spacial score (nSPS) is 20.3. The summed E-state index contributed by atoms with van der Waals surface area (Å²) in [5.74, 6) is 0.754. The third-order valence-electron chi connectivity index (χ3n) is 2.99. The molecule has 16 heavy (non-hydrogen) atoms. The van der Waals surface area contributed by atoms with E-state index in [-0.39, 0.29) is 23.9 Å². The van der Waals surface area contributed by atoms with E-state index < -0.39 is 0 Å². The summed E-state index contributed by atoms with van der Waals surface area (Å²) in [6, 6.07) is 0. The molecule has 1 saturated heterocycles. The quantitative estimate of drug-likeness (QED) is 0.783. The van der Waals surface area contributed by atoms with Crippen LogP contribution in [-0.4, -0.2) is 24.5 Å². The Morgan fingerprint density at radius 2 is 2.19 bits per heavy atom. The highest BCUT2D eigenvalue weighted by Crippen LogP contribution is 2.15. The molecule has 4 heteroatoms. The number of carbonyl (C=O) groups excluding carboxylic acids is 1. The molecule has 1 rings (SSSR count). The summed E-state index contributed by atoms with van der Waals surface area (Å²) < 4.78 is 0. The van der Waals surface area contributed by atoms with E-state index in [2.05, 4.69) is 31.4 Å². The summed E-state index contributed by atoms with van der Waals surface area (Å²) in [6.07, 6.45) is 3.97. The van der Waals surface area contributed by atoms with Crippen LogP contribution in [0.25, 0.3) is 0 Å². The first-order valence-corrected chi connectivity index (χ1v) is 6.05. The number of hydrogen-bond donors (Lipinski definition) is 2. The van der Waals surface area contributed by atoms with Crippen molar-refractivity contribution in [2.45, 2.75) is 52.0 Å². The summed E-state index contributed by atoms with van der Waals surface area (Å²) in [4.78, 5) is 11.8. The molecule has 1 unspecified atom stereocenters. The van der Waals surface area contributed by atoms with Crippen LogP contribution < -0.4 is 10.6 Å². The smallest absolute Gasteiger partial charge is 0.220 e. The highest BCUT2D eigenvalue weighted by Gasteiger charge is 2.22. The van der Waals surface area contributed by atoms with Crippen LogP contribution in [0.3, 0.4) is 0 Å². The van der Waals surface area contributed by atoms with Crippen molar-refractivity contribution < 1.29 is 4.79 Å². The molecule has 1 heterocycles. The second-order valence-electron chi connectivity index (χ2n) is 5.25. The maximum absolute atomic E-state index is 11.8. The molecule has 1 aliphatic heterocycles. The molecule has 0 spiro atoms. The molecule has 2 N–H and O–H groups in total. The summed E-state index contributed by atoms with van der Waals surface area (Å²) >= 11 is 0. The van der Waals surface area contributed by atoms with E-state index in [0.29, 0.717) is 12.3 Å². The lowest BCUT2D eigenvalue weighted by atomic mass is 9.97. The highest BCUT2D eigenvalue weighted by atomic mass is 35.5. The fraction of sp³-hybridized carbons (Fsp3) is 0.917. The van der Waals surface area contributed by atoms with Crippen LogP contribution in [0.2, 0.25) is 0 Å². The predicted octanol–water partition coefficient (Wildman–Crippen LogP) is 2.10. The maximum atomic E-state index is 11.8. The molecular weight excluding hydrogens is 224 g/mol. The average molecular weight is 249 g/mol. The molecule has 1 fully saturated rings. The van der Waals surface area contributed by atoms with E-state index >= 15 is 0 Å². The maximum Gasteiger partial charge on any atom is 0.220 e. The van der Waals surface area contributed by atoms with Crippen molar-refractivity contribution in [3.05, 3.63) is 0 Å². The Hall–Kier alpha value is -0.280. The van der Waals surface area contributed by atoms with Gasteiger partial charge in [0.25, 0.3) is 0 Å². The molecule has 0 radical (unpaired) electrons. The van der Waals surface area contributed by atoms with Crippen molar-refractivity contribution in [1.82, 2.24) is 10.6 Å². The Kier molecular flexibility index (Phi) is 7.00. The van der Waals surface area contributed by atoms with Crippen molar-refractivity contribution in [2.24, 2.45) is 5.92 Å². The van der Waals surface area contributed by atoms with Gasteiger partial charge in [0, 0.05) is 12.0 Å². The van der Waals surface area contributed by atoms with Gasteiger partial charge in [-0.05, 0) is 45.7 Å². The van der Waals surface area contributed by atoms with Gasteiger partial charge in [-0.3, -0.25) is 4.79 Å². The Morgan fingerprint density at radius 3 is 2.69 bits per heavy atom. The van der Waals surface area contributed by atoms with Gasteiger partial charge >= 0.3 is 0 Å². The Balaban J connectivity index is 0.00000225. The standard InChI is InChI=1S/C12H24N2O.ClH/c1-4-6-12(2,3)14-11(15)8-10-5-7-13-9-10;/h10,13H,4-9H2,1-3H3,(H,14,15);1H. The molecule has 1 aliphatic rings. The van der Waals surface area contributed by atoms with Crippen LogP contribution in [0.15, 0.2) is 0 Å². The molecule has 0 bridgehead atoms. The third-order valence-corrected chi connectivity index (χ3v) is 2.99. The lowest BCUT2D eigenvalue weighted by molar-refractivity contribution is -0.123. The van der Waals surface area contributed by atoms with Gasteiger partial charge in [0.1, 0.15) is 0 Å². The van der Waals surface area contributed by atoms with Crippen molar-refractivity contribution >= 4 is 18.3 Å². The summed E-state index contributed by atoms with van der Waals surface area (Å²) in [7, 11) is 0. The molecule has 0 aliphatic carbocycles. The van der Waals surface area contributed by atoms with E-state index in [9.17, 15) is 4.79 Å². The minimum Gasteiger partial charge on any atom is -0.351 e. The van der Waals surface area contributed by atoms with Gasteiger partial charge in [0.2, 0.25) is 5.91 Å². The van der Waals surface area contributed by atoms with Crippen LogP contribution in [0.4, 0.5) is 0 Å². The Labute approximate surface area is 105 Å². The van der Waals surface area contributed by atoms with Crippen molar-refractivity contribution in [3.8, 4) is 0 Å². The number of nitrogens with one attached hydrogen (secondary N) is 2. The number of rotatable bonds is 5. The van der Waals surface area contributed by atoms with E-state index in [0.717, 1.165) is 32.4 Å². The van der Waals surface area contributed by atoms with Crippen LogP contribution in [0, 0.1) is 5.92 Å². The molecule has 3 nitrogen and oxygen atoms in total. The highest BCUT2D eigenvalue weighted by molar-refractivity contribution is 5.85. The number of halogens is 1. The topological polar surface area (TPSA) is 41.1 Å². The lowest BCUT2D eigenvalue weighted by Crippen LogP contribution is -2.43. The van der Waals surface area contributed by atoms with Gasteiger partial charge in [-0.1, -0.05) is 13.3 Å². The largest absolute Gasteiger partial charge is 0.351 e. The SMILES string of the molecule is CCCC(C)(C)NC(=O)CC1CCNC1.Cl. The summed E-state index contributed by atoms with van der Waals surface area (Å²) in [5.41, 5.74) is -0.0438. The fourth-order valence-corrected chi connectivity index (χ4v) is 2.27. The van der Waals surface area contributed by atoms with Gasteiger partial charge < -0.3 is 10.6 Å². The Bertz CT molecular complexity index is 213. The van der Waals surface area contributed by atoms with Crippen LogP contribution in [0.1, 0.15) is 46.5 Å². The average Bonchev–Trinajstić information content (AvgIpc) is 2.54. The molecule has 0 aromatic rings. The minimum absolute atomic E-state index is 0. The minimum atomic E-state index is -0.0438. The first-order valence-electron chi connectivity index (χ1n) is 6.05. The van der Waals surface area contributed by atoms with Crippen LogP contribution >= 0.6 is 12.4 Å². The zero-order valence-electron chi connectivity index (χ0n) is 10.6. The molecule has 0 aromatic carbocycles. The van der Waals surface area contributed by atoms with Crippen LogP contribution in [-0.2, 0) is 4.79 Å². The number of hydrogen-bond acceptors (Lipinski definition) is 2. The van der Waals surface area contributed by atoms with Crippen LogP contribution in [0.5, 0.6) is 0 Å². The molecule has 1 atom stereocenters. The predicted molar refractivity (Wildman–Crippen MR) is 70.0 cm³/mol. The van der Waals surface area contributed by atoms with E-state index in [1.807, 2.05) is 0 Å². The van der Waals surface area contributed by atoms with E-state index in [1.54, 1.807) is 0 Å². The summed E-state index contributed by atoms with van der Waals surface area (Å²) in [6.45, 7) is 8.41. The molecule has 1 amide bonds. The monoisotopic (exact) mass is 248 g/mol. The molecule has 0 saturated carbocycles. The molecular formula is C12H25ClN2O. The number of amides is 1. The van der Waals surface area contributed by atoms with Gasteiger partial charge in [0.15, 0.2) is 0 Å². The first kappa shape index (κ1) is 15.7. The van der Waals surface area contributed by atoms with Crippen molar-refractivity contribution in [2.75, 3.05) is 13.1 Å². The van der Waals surface area contributed by atoms with E-state index in [4.69, 9.17) is 0 Å². The Morgan fingerprint density at radius 1 is 1.50 bits per heavy atom. The third kappa shape index (κ3) is 5.71. The zero-order valence-corrected chi connectivity index (χ0v) is 11.5. The summed E-state index contributed by atoms with van der Waals surface area (Å²) in [5, 5.41) is 6.40. The second kappa shape index (κ2) is 7.13. The number of carbonyl (C=O) groups is 1. The lowest BCUT2D eigenvalue weighted by Gasteiger charge is -2.26. The van der Waals surface area contributed by atoms with E-state index in [1.165, 1.54) is 0 Å².